The summed E-state index contributed by atoms with van der Waals surface area (Å²) in [6.07, 6.45) is 7.30. The van der Waals surface area contributed by atoms with Crippen LogP contribution in [0.25, 0.3) is 0 Å². The summed E-state index contributed by atoms with van der Waals surface area (Å²) < 4.78 is 5.58. The number of nitrogens with two attached hydrogens (primary N) is 1. The highest BCUT2D eigenvalue weighted by Gasteiger charge is 2.31. The lowest BCUT2D eigenvalue weighted by Gasteiger charge is -2.36. The number of carbonyl (C=O) groups is 1. The highest BCUT2D eigenvalue weighted by atomic mass is 32.2. The molecule has 3 N–H and O–H groups in total. The number of primary amides is 1. The molecule has 1 amide bonds. The fourth-order valence-electron chi connectivity index (χ4n) is 2.20. The van der Waals surface area contributed by atoms with E-state index >= 15 is 0 Å². The summed E-state index contributed by atoms with van der Waals surface area (Å²) in [7, 11) is 0. The highest BCUT2D eigenvalue weighted by Crippen LogP contribution is 2.34. The third kappa shape index (κ3) is 3.39. The van der Waals surface area contributed by atoms with Crippen molar-refractivity contribution in [2.24, 2.45) is 5.73 Å². The molecule has 1 aliphatic rings. The SMILES string of the molecule is CSC1(CNc2ccncc2C(N)=O)CCOCC1. The van der Waals surface area contributed by atoms with Crippen LogP contribution >= 0.6 is 11.8 Å². The predicted molar refractivity (Wildman–Crippen MR) is 77.5 cm³/mol. The van der Waals surface area contributed by atoms with Crippen LogP contribution in [0.4, 0.5) is 5.69 Å². The Balaban J connectivity index is 2.07. The molecule has 0 unspecified atom stereocenters. The van der Waals surface area contributed by atoms with E-state index in [-0.39, 0.29) is 4.75 Å². The zero-order valence-corrected chi connectivity index (χ0v) is 11.8. The summed E-state index contributed by atoms with van der Waals surface area (Å²) in [5.41, 5.74) is 6.53. The van der Waals surface area contributed by atoms with Gasteiger partial charge < -0.3 is 15.8 Å². The Kier molecular flexibility index (Phi) is 4.66. The predicted octanol–water partition coefficient (Wildman–Crippen LogP) is 1.50. The van der Waals surface area contributed by atoms with Gasteiger partial charge in [-0.15, -0.1) is 0 Å². The maximum absolute atomic E-state index is 11.3. The van der Waals surface area contributed by atoms with Crippen molar-refractivity contribution in [3.63, 3.8) is 0 Å². The van der Waals surface area contributed by atoms with Gasteiger partial charge in [0.05, 0.1) is 11.3 Å². The standard InChI is InChI=1S/C13H19N3O2S/c1-19-13(3-6-18-7-4-13)9-16-11-2-5-15-8-10(11)12(14)17/h2,5,8H,3-4,6-7,9H2,1H3,(H2,14,17)(H,15,16). The topological polar surface area (TPSA) is 77.2 Å². The number of rotatable bonds is 5. The van der Waals surface area contributed by atoms with Crippen molar-refractivity contribution in [2.75, 3.05) is 31.3 Å². The molecule has 1 aromatic rings. The normalized spacial score (nSPS) is 17.9. The fraction of sp³-hybridized carbons (Fsp3) is 0.538. The van der Waals surface area contributed by atoms with Gasteiger partial charge in [-0.3, -0.25) is 9.78 Å². The van der Waals surface area contributed by atoms with Crippen LogP contribution in [0.15, 0.2) is 18.5 Å². The molecule has 19 heavy (non-hydrogen) atoms. The number of nitrogens with one attached hydrogen (secondary N) is 1. The average molecular weight is 281 g/mol. The highest BCUT2D eigenvalue weighted by molar-refractivity contribution is 8.00. The van der Waals surface area contributed by atoms with Gasteiger partial charge in [-0.25, -0.2) is 0 Å². The summed E-state index contributed by atoms with van der Waals surface area (Å²) in [5.74, 6) is -0.458. The number of amides is 1. The zero-order chi connectivity index (χ0) is 13.7. The van der Waals surface area contributed by atoms with E-state index in [1.165, 1.54) is 6.20 Å². The Morgan fingerprint density at radius 3 is 2.95 bits per heavy atom. The zero-order valence-electron chi connectivity index (χ0n) is 11.0. The van der Waals surface area contributed by atoms with Crippen molar-refractivity contribution in [3.05, 3.63) is 24.0 Å². The van der Waals surface area contributed by atoms with Crippen LogP contribution < -0.4 is 11.1 Å². The lowest BCUT2D eigenvalue weighted by atomic mass is 9.98. The number of aromatic nitrogens is 1. The van der Waals surface area contributed by atoms with E-state index in [0.29, 0.717) is 5.56 Å². The number of anilines is 1. The minimum absolute atomic E-state index is 0.163. The molecular weight excluding hydrogens is 262 g/mol. The summed E-state index contributed by atoms with van der Waals surface area (Å²) in [6.45, 7) is 2.38. The molecule has 0 bridgehead atoms. The van der Waals surface area contributed by atoms with Crippen molar-refractivity contribution in [1.29, 1.82) is 0 Å². The van der Waals surface area contributed by atoms with Gasteiger partial charge in [0.2, 0.25) is 0 Å². The molecule has 1 saturated heterocycles. The average Bonchev–Trinajstić information content (AvgIpc) is 2.46. The van der Waals surface area contributed by atoms with Crippen LogP contribution in [-0.4, -0.2) is 41.7 Å². The Morgan fingerprint density at radius 2 is 2.32 bits per heavy atom. The summed E-state index contributed by atoms with van der Waals surface area (Å²) in [5, 5.41) is 3.34. The molecule has 0 spiro atoms. The maximum Gasteiger partial charge on any atom is 0.252 e. The van der Waals surface area contributed by atoms with E-state index in [1.807, 2.05) is 11.8 Å². The van der Waals surface area contributed by atoms with Gasteiger partial charge in [0.15, 0.2) is 0 Å². The second-order valence-corrected chi connectivity index (χ2v) is 5.91. The first-order chi connectivity index (χ1) is 9.17. The number of pyridine rings is 1. The third-order valence-electron chi connectivity index (χ3n) is 3.52. The van der Waals surface area contributed by atoms with Crippen molar-refractivity contribution in [1.82, 2.24) is 4.98 Å². The van der Waals surface area contributed by atoms with E-state index in [4.69, 9.17) is 10.5 Å². The van der Waals surface area contributed by atoms with Crippen molar-refractivity contribution in [2.45, 2.75) is 17.6 Å². The molecule has 0 atom stereocenters. The minimum Gasteiger partial charge on any atom is -0.383 e. The Labute approximate surface area is 117 Å². The van der Waals surface area contributed by atoms with Gasteiger partial charge in [0.1, 0.15) is 0 Å². The van der Waals surface area contributed by atoms with Gasteiger partial charge in [0.25, 0.3) is 5.91 Å². The molecule has 1 fully saturated rings. The number of ether oxygens (including phenoxy) is 1. The maximum atomic E-state index is 11.3. The second-order valence-electron chi connectivity index (χ2n) is 4.64. The summed E-state index contributed by atoms with van der Waals surface area (Å²) >= 11 is 1.85. The first kappa shape index (κ1) is 14.1. The van der Waals surface area contributed by atoms with E-state index in [1.54, 1.807) is 12.3 Å². The van der Waals surface area contributed by atoms with Crippen molar-refractivity contribution >= 4 is 23.4 Å². The Morgan fingerprint density at radius 1 is 1.58 bits per heavy atom. The van der Waals surface area contributed by atoms with Crippen molar-refractivity contribution in [3.8, 4) is 0 Å². The van der Waals surface area contributed by atoms with E-state index in [9.17, 15) is 4.79 Å². The molecule has 0 radical (unpaired) electrons. The number of thioether (sulfide) groups is 1. The number of hydrogen-bond acceptors (Lipinski definition) is 5. The number of hydrogen-bond donors (Lipinski definition) is 2. The van der Waals surface area contributed by atoms with Gasteiger partial charge in [0, 0.05) is 36.9 Å². The lowest BCUT2D eigenvalue weighted by molar-refractivity contribution is 0.0802. The molecule has 1 aliphatic heterocycles. The van der Waals surface area contributed by atoms with Crippen LogP contribution in [0, 0.1) is 0 Å². The molecule has 0 aromatic carbocycles. The number of carbonyl (C=O) groups excluding carboxylic acids is 1. The van der Waals surface area contributed by atoms with Crippen LogP contribution in [-0.2, 0) is 4.74 Å². The molecule has 2 rings (SSSR count). The third-order valence-corrected chi connectivity index (χ3v) is 4.94. The van der Waals surface area contributed by atoms with Gasteiger partial charge in [-0.2, -0.15) is 11.8 Å². The van der Waals surface area contributed by atoms with E-state index in [0.717, 1.165) is 38.3 Å². The summed E-state index contributed by atoms with van der Waals surface area (Å²) in [6, 6.07) is 1.79. The van der Waals surface area contributed by atoms with Crippen LogP contribution in [0.5, 0.6) is 0 Å². The molecule has 5 nitrogen and oxygen atoms in total. The molecule has 1 aromatic heterocycles. The Hall–Kier alpha value is -1.27. The number of nitrogens with zero attached hydrogens (tertiary/aromatic N) is 1. The van der Waals surface area contributed by atoms with E-state index in [2.05, 4.69) is 16.6 Å². The monoisotopic (exact) mass is 281 g/mol. The smallest absolute Gasteiger partial charge is 0.252 e. The van der Waals surface area contributed by atoms with Gasteiger partial charge >= 0.3 is 0 Å². The lowest BCUT2D eigenvalue weighted by Crippen LogP contribution is -2.39. The summed E-state index contributed by atoms with van der Waals surface area (Å²) in [4.78, 5) is 15.3. The van der Waals surface area contributed by atoms with Gasteiger partial charge in [-0.1, -0.05) is 0 Å². The fourth-order valence-corrected chi connectivity index (χ4v) is 2.99. The van der Waals surface area contributed by atoms with Crippen LogP contribution in [0.3, 0.4) is 0 Å². The van der Waals surface area contributed by atoms with Crippen molar-refractivity contribution < 1.29 is 9.53 Å². The quantitative estimate of drug-likeness (QED) is 0.855. The van der Waals surface area contributed by atoms with Crippen LogP contribution in [0.1, 0.15) is 23.2 Å². The first-order valence-corrected chi connectivity index (χ1v) is 7.50. The van der Waals surface area contributed by atoms with Gasteiger partial charge in [-0.05, 0) is 25.2 Å². The first-order valence-electron chi connectivity index (χ1n) is 6.27. The molecule has 6 heteroatoms. The largest absolute Gasteiger partial charge is 0.383 e. The molecule has 0 saturated carbocycles. The second kappa shape index (κ2) is 6.25. The minimum atomic E-state index is -0.458. The molecule has 104 valence electrons. The Bertz CT molecular complexity index is 447. The molecular formula is C13H19N3O2S. The molecule has 0 aliphatic carbocycles. The van der Waals surface area contributed by atoms with Crippen LogP contribution in [0.2, 0.25) is 0 Å². The van der Waals surface area contributed by atoms with E-state index < -0.39 is 5.91 Å². The molecule has 2 heterocycles.